The van der Waals surface area contributed by atoms with Crippen LogP contribution >= 0.6 is 0 Å². The fourth-order valence-electron chi connectivity index (χ4n) is 4.87. The van der Waals surface area contributed by atoms with Gasteiger partial charge in [-0.05, 0) is 55.5 Å². The van der Waals surface area contributed by atoms with Crippen LogP contribution < -0.4 is 10.7 Å². The smallest absolute Gasteiger partial charge is 0.341 e. The van der Waals surface area contributed by atoms with E-state index in [0.29, 0.717) is 18.4 Å². The van der Waals surface area contributed by atoms with Crippen LogP contribution in [0.25, 0.3) is 22.0 Å². The van der Waals surface area contributed by atoms with E-state index in [1.807, 2.05) is 19.9 Å². The lowest BCUT2D eigenvalue weighted by Gasteiger charge is -2.19. The molecule has 166 valence electrons. The van der Waals surface area contributed by atoms with Gasteiger partial charge in [0.2, 0.25) is 5.43 Å². The Morgan fingerprint density at radius 1 is 1.16 bits per heavy atom. The molecular formula is C24H21F3N2O3. The second-order valence-electron chi connectivity index (χ2n) is 8.61. The molecule has 8 heteroatoms. The normalized spacial score (nSPS) is 20.2. The van der Waals surface area contributed by atoms with E-state index in [1.165, 1.54) is 4.57 Å². The first kappa shape index (κ1) is 20.8. The van der Waals surface area contributed by atoms with Gasteiger partial charge in [0, 0.05) is 29.9 Å². The summed E-state index contributed by atoms with van der Waals surface area (Å²) in [6.45, 7) is 3.95. The van der Waals surface area contributed by atoms with Gasteiger partial charge in [-0.25, -0.2) is 18.0 Å². The monoisotopic (exact) mass is 442 g/mol. The van der Waals surface area contributed by atoms with Gasteiger partial charge in [0.05, 0.1) is 16.5 Å². The molecule has 2 unspecified atom stereocenters. The maximum atomic E-state index is 15.4. The molecule has 1 aliphatic heterocycles. The number of carboxylic acid groups (broad SMARTS) is 1. The van der Waals surface area contributed by atoms with E-state index in [2.05, 4.69) is 5.32 Å². The highest BCUT2D eigenvalue weighted by molar-refractivity contribution is 5.96. The summed E-state index contributed by atoms with van der Waals surface area (Å²) in [4.78, 5) is 24.3. The Kier molecular flexibility index (Phi) is 4.67. The number of alkyl halides is 2. The van der Waals surface area contributed by atoms with Gasteiger partial charge in [-0.2, -0.15) is 0 Å². The third-order valence-corrected chi connectivity index (χ3v) is 6.50. The first-order valence-corrected chi connectivity index (χ1v) is 10.5. The van der Waals surface area contributed by atoms with Crippen LogP contribution in [0.2, 0.25) is 0 Å². The summed E-state index contributed by atoms with van der Waals surface area (Å²) in [5, 5.41) is 12.4. The van der Waals surface area contributed by atoms with Crippen LogP contribution in [0.3, 0.4) is 0 Å². The number of hydrogen-bond donors (Lipinski definition) is 2. The lowest BCUT2D eigenvalue weighted by Crippen LogP contribution is -2.20. The second-order valence-corrected chi connectivity index (χ2v) is 8.61. The van der Waals surface area contributed by atoms with E-state index < -0.39 is 34.8 Å². The zero-order chi connectivity index (χ0) is 22.9. The first-order valence-electron chi connectivity index (χ1n) is 10.5. The molecule has 5 rings (SSSR count). The predicted molar refractivity (Wildman–Crippen MR) is 114 cm³/mol. The van der Waals surface area contributed by atoms with Crippen LogP contribution in [-0.4, -0.2) is 15.6 Å². The maximum absolute atomic E-state index is 15.4. The Balaban J connectivity index is 1.87. The third-order valence-electron chi connectivity index (χ3n) is 6.50. The molecule has 2 N–H and O–H groups in total. The highest BCUT2D eigenvalue weighted by atomic mass is 19.3. The number of benzene rings is 2. The summed E-state index contributed by atoms with van der Waals surface area (Å²) in [5.74, 6) is -2.44. The zero-order valence-electron chi connectivity index (χ0n) is 17.5. The summed E-state index contributed by atoms with van der Waals surface area (Å²) in [6.07, 6.45) is -0.598. The van der Waals surface area contributed by atoms with Crippen LogP contribution in [-0.2, 0) is 0 Å². The van der Waals surface area contributed by atoms with Gasteiger partial charge >= 0.3 is 5.97 Å². The van der Waals surface area contributed by atoms with Crippen LogP contribution in [0.5, 0.6) is 0 Å². The van der Waals surface area contributed by atoms with Crippen molar-refractivity contribution in [3.63, 3.8) is 0 Å². The van der Waals surface area contributed by atoms with Crippen molar-refractivity contribution in [1.82, 2.24) is 9.88 Å². The molecular weight excluding hydrogens is 421 g/mol. The Hall–Kier alpha value is -3.13. The van der Waals surface area contributed by atoms with Crippen molar-refractivity contribution in [3.05, 3.63) is 68.8 Å². The van der Waals surface area contributed by atoms with E-state index in [-0.39, 0.29) is 34.6 Å². The Bertz CT molecular complexity index is 1340. The molecule has 1 saturated carbocycles. The maximum Gasteiger partial charge on any atom is 0.341 e. The van der Waals surface area contributed by atoms with Gasteiger partial charge in [-0.1, -0.05) is 12.1 Å². The van der Waals surface area contributed by atoms with Crippen LogP contribution in [0.1, 0.15) is 78.3 Å². The summed E-state index contributed by atoms with van der Waals surface area (Å²) >= 11 is 0. The number of aromatic carboxylic acids is 1. The van der Waals surface area contributed by atoms with Crippen molar-refractivity contribution in [2.45, 2.75) is 51.2 Å². The molecule has 2 atom stereocenters. The number of halogens is 3. The molecule has 2 aromatic carbocycles. The van der Waals surface area contributed by atoms with Crippen LogP contribution in [0.15, 0.2) is 35.3 Å². The molecule has 5 nitrogen and oxygen atoms in total. The van der Waals surface area contributed by atoms with Gasteiger partial charge in [0.15, 0.2) is 0 Å². The van der Waals surface area contributed by atoms with Crippen LogP contribution in [0, 0.1) is 5.82 Å². The quantitative estimate of drug-likeness (QED) is 0.560. The first-order chi connectivity index (χ1) is 15.2. The van der Waals surface area contributed by atoms with Crippen LogP contribution in [0.4, 0.5) is 13.2 Å². The van der Waals surface area contributed by atoms with Gasteiger partial charge in [0.1, 0.15) is 11.4 Å². The fourth-order valence-corrected chi connectivity index (χ4v) is 4.87. The van der Waals surface area contributed by atoms with E-state index >= 15 is 4.39 Å². The number of hydrogen-bond acceptors (Lipinski definition) is 3. The molecule has 1 aromatic heterocycles. The van der Waals surface area contributed by atoms with Gasteiger partial charge in [-0.3, -0.25) is 4.79 Å². The summed E-state index contributed by atoms with van der Waals surface area (Å²) in [7, 11) is 0. The predicted octanol–water partition coefficient (Wildman–Crippen LogP) is 5.50. The van der Waals surface area contributed by atoms with Crippen molar-refractivity contribution < 1.29 is 23.1 Å². The van der Waals surface area contributed by atoms with Gasteiger partial charge in [-0.15, -0.1) is 0 Å². The van der Waals surface area contributed by atoms with Crippen molar-refractivity contribution in [1.29, 1.82) is 0 Å². The number of pyridine rings is 1. The van der Waals surface area contributed by atoms with Gasteiger partial charge in [0.25, 0.3) is 6.43 Å². The minimum Gasteiger partial charge on any atom is -0.477 e. The van der Waals surface area contributed by atoms with Crippen molar-refractivity contribution >= 4 is 16.9 Å². The minimum atomic E-state index is -3.06. The lowest BCUT2D eigenvalue weighted by molar-refractivity contribution is 0.0695. The average Bonchev–Trinajstić information content (AvgIpc) is 3.53. The number of carbonyl (C=O) groups is 1. The molecule has 3 aromatic rings. The van der Waals surface area contributed by atoms with E-state index in [9.17, 15) is 23.5 Å². The van der Waals surface area contributed by atoms with Crippen molar-refractivity contribution in [3.8, 4) is 11.1 Å². The fraction of sp³-hybridized carbons (Fsp3) is 0.333. The van der Waals surface area contributed by atoms with Crippen molar-refractivity contribution in [2.75, 3.05) is 0 Å². The summed E-state index contributed by atoms with van der Waals surface area (Å²) < 4.78 is 45.7. The molecule has 0 amide bonds. The van der Waals surface area contributed by atoms with Gasteiger partial charge < -0.3 is 15.0 Å². The second kappa shape index (κ2) is 7.20. The van der Waals surface area contributed by atoms with E-state index in [4.69, 9.17) is 0 Å². The summed E-state index contributed by atoms with van der Waals surface area (Å²) in [6, 6.07) is 5.94. The average molecular weight is 442 g/mol. The molecule has 0 spiro atoms. The molecule has 1 aliphatic carbocycles. The molecule has 0 saturated heterocycles. The number of nitrogens with one attached hydrogen (secondary N) is 1. The Morgan fingerprint density at radius 3 is 2.47 bits per heavy atom. The highest BCUT2D eigenvalue weighted by Crippen LogP contribution is 2.44. The Morgan fingerprint density at radius 2 is 1.84 bits per heavy atom. The topological polar surface area (TPSA) is 71.3 Å². The lowest BCUT2D eigenvalue weighted by atomic mass is 9.91. The number of rotatable bonds is 4. The third kappa shape index (κ3) is 3.04. The minimum absolute atomic E-state index is 0.0127. The number of aromatic nitrogens is 1. The Labute approximate surface area is 181 Å². The largest absolute Gasteiger partial charge is 0.477 e. The number of fused-ring (bicyclic) bond motifs is 2. The van der Waals surface area contributed by atoms with Crippen molar-refractivity contribution in [2.24, 2.45) is 0 Å². The summed E-state index contributed by atoms with van der Waals surface area (Å²) in [5.41, 5.74) is -0.184. The number of nitrogens with zero attached hydrogens (tertiary/aromatic N) is 1. The number of carboxylic acids is 1. The zero-order valence-corrected chi connectivity index (χ0v) is 17.5. The van der Waals surface area contributed by atoms with E-state index in [0.717, 1.165) is 23.4 Å². The molecule has 2 heterocycles. The highest BCUT2D eigenvalue weighted by Gasteiger charge is 2.33. The SMILES string of the molecule is CC1NC(C)c2cc(-c3c(F)cc4c(=O)c(C(=O)O)cn(C5CC5)c4c3C(F)F)ccc21. The molecule has 32 heavy (non-hydrogen) atoms. The molecule has 0 radical (unpaired) electrons. The standard InChI is InChI=1S/C24H21F3N2O3/c1-10-14-6-3-12(7-15(14)11(2)28-10)19-18(25)8-16-21(20(19)23(26)27)29(13-4-5-13)9-17(22(16)30)24(31)32/h3,6-11,13,23,28H,4-5H2,1-2H3,(H,31,32). The molecule has 0 bridgehead atoms. The molecule has 2 aliphatic rings. The molecule has 1 fully saturated rings. The van der Waals surface area contributed by atoms with E-state index in [1.54, 1.807) is 12.1 Å².